The maximum Gasteiger partial charge on any atom is 0.272 e. The Morgan fingerprint density at radius 2 is 1.57 bits per heavy atom. The molecule has 1 fully saturated rings. The number of aryl methyl sites for hydroxylation is 1. The number of nitrogens with zero attached hydrogens (tertiary/aromatic N) is 4. The van der Waals surface area contributed by atoms with Gasteiger partial charge in [0.05, 0.1) is 13.2 Å². The van der Waals surface area contributed by atoms with Gasteiger partial charge >= 0.3 is 0 Å². The molecule has 6 rings (SSSR count). The van der Waals surface area contributed by atoms with Gasteiger partial charge < -0.3 is 24.0 Å². The van der Waals surface area contributed by atoms with E-state index in [4.69, 9.17) is 4.74 Å². The molecule has 0 N–H and O–H groups in total. The molecule has 1 unspecified atom stereocenters. The third-order valence-electron chi connectivity index (χ3n) is 7.69. The fourth-order valence-electron chi connectivity index (χ4n) is 5.76. The van der Waals surface area contributed by atoms with E-state index in [0.29, 0.717) is 18.8 Å². The van der Waals surface area contributed by atoms with Gasteiger partial charge in [0.15, 0.2) is 0 Å². The number of rotatable bonds is 5. The highest BCUT2D eigenvalue weighted by Gasteiger charge is 2.43. The first-order valence-electron chi connectivity index (χ1n) is 12.7. The van der Waals surface area contributed by atoms with E-state index in [1.165, 1.54) is 5.69 Å². The van der Waals surface area contributed by atoms with E-state index >= 15 is 0 Å². The van der Waals surface area contributed by atoms with Crippen LogP contribution in [0.4, 0.5) is 5.69 Å². The molecule has 4 aromatic rings. The summed E-state index contributed by atoms with van der Waals surface area (Å²) in [7, 11) is 3.57. The largest absolute Gasteiger partial charge is 0.497 e. The molecule has 1 aromatic heterocycles. The Morgan fingerprint density at radius 1 is 0.892 bits per heavy atom. The van der Waals surface area contributed by atoms with Gasteiger partial charge in [0, 0.05) is 55.4 Å². The van der Waals surface area contributed by atoms with Gasteiger partial charge in [-0.3, -0.25) is 9.59 Å². The summed E-state index contributed by atoms with van der Waals surface area (Å²) in [6.45, 7) is 2.87. The van der Waals surface area contributed by atoms with E-state index in [1.54, 1.807) is 12.0 Å². The van der Waals surface area contributed by atoms with Crippen molar-refractivity contribution >= 4 is 28.4 Å². The molecule has 0 spiro atoms. The fraction of sp³-hybridized carbons (Fsp3) is 0.267. The van der Waals surface area contributed by atoms with Crippen molar-refractivity contribution in [3.8, 4) is 5.75 Å². The maximum absolute atomic E-state index is 13.9. The standard InChI is InChI=1S/C30H30N4O3/c1-31-25-11-7-6-10-24(25)27-28(21-12-14-23(37-2)15-13-21)34(30(36)29(27)31)20-26(35)33-18-16-32(17-19-33)22-8-4-3-5-9-22/h3-15,28H,16-20H2,1-2H3. The summed E-state index contributed by atoms with van der Waals surface area (Å²) in [5, 5.41) is 1.04. The minimum atomic E-state index is -0.339. The lowest BCUT2D eigenvalue weighted by molar-refractivity contribution is -0.132. The highest BCUT2D eigenvalue weighted by molar-refractivity contribution is 6.07. The Labute approximate surface area is 216 Å². The molecular formula is C30H30N4O3. The number of carbonyl (C=O) groups excluding carboxylic acids is 2. The van der Waals surface area contributed by atoms with Crippen molar-refractivity contribution in [1.29, 1.82) is 0 Å². The number of hydrogen-bond acceptors (Lipinski definition) is 4. The third kappa shape index (κ3) is 3.91. The third-order valence-corrected chi connectivity index (χ3v) is 7.69. The number of benzene rings is 3. The summed E-state index contributed by atoms with van der Waals surface area (Å²) >= 11 is 0. The molecule has 7 nitrogen and oxygen atoms in total. The second-order valence-corrected chi connectivity index (χ2v) is 9.65. The lowest BCUT2D eigenvalue weighted by Crippen LogP contribution is -2.51. The van der Waals surface area contributed by atoms with Crippen LogP contribution in [0.25, 0.3) is 10.9 Å². The second kappa shape index (κ2) is 9.32. The predicted octanol–water partition coefficient (Wildman–Crippen LogP) is 4.08. The molecule has 2 aliphatic rings. The number of amides is 2. The Bertz CT molecular complexity index is 1450. The summed E-state index contributed by atoms with van der Waals surface area (Å²) in [6.07, 6.45) is 0. The van der Waals surface area contributed by atoms with Crippen molar-refractivity contribution in [3.05, 3.63) is 95.7 Å². The molecular weight excluding hydrogens is 464 g/mol. The highest BCUT2D eigenvalue weighted by Crippen LogP contribution is 2.44. The maximum atomic E-state index is 13.9. The van der Waals surface area contributed by atoms with Crippen molar-refractivity contribution < 1.29 is 14.3 Å². The van der Waals surface area contributed by atoms with Crippen molar-refractivity contribution in [2.45, 2.75) is 6.04 Å². The van der Waals surface area contributed by atoms with E-state index in [-0.39, 0.29) is 24.4 Å². The molecule has 3 heterocycles. The smallest absolute Gasteiger partial charge is 0.272 e. The van der Waals surface area contributed by atoms with Gasteiger partial charge in [0.1, 0.15) is 18.0 Å². The number of para-hydroxylation sites is 2. The Kier molecular flexibility index (Phi) is 5.83. The van der Waals surface area contributed by atoms with E-state index in [1.807, 2.05) is 77.2 Å². The van der Waals surface area contributed by atoms with Crippen LogP contribution in [-0.4, -0.2) is 66.0 Å². The first-order chi connectivity index (χ1) is 18.1. The first kappa shape index (κ1) is 23.2. The van der Waals surface area contributed by atoms with Gasteiger partial charge in [-0.25, -0.2) is 0 Å². The number of aromatic nitrogens is 1. The Hall–Kier alpha value is -4.26. The van der Waals surface area contributed by atoms with Crippen LogP contribution in [0.2, 0.25) is 0 Å². The molecule has 7 heteroatoms. The fourth-order valence-corrected chi connectivity index (χ4v) is 5.76. The lowest BCUT2D eigenvalue weighted by atomic mass is 9.98. The molecule has 1 atom stereocenters. The van der Waals surface area contributed by atoms with Crippen molar-refractivity contribution in [1.82, 2.24) is 14.4 Å². The number of methoxy groups -OCH3 is 1. The van der Waals surface area contributed by atoms with Gasteiger partial charge in [-0.05, 0) is 35.9 Å². The number of piperazine rings is 1. The van der Waals surface area contributed by atoms with Gasteiger partial charge in [-0.2, -0.15) is 0 Å². The van der Waals surface area contributed by atoms with E-state index in [2.05, 4.69) is 23.1 Å². The van der Waals surface area contributed by atoms with Crippen molar-refractivity contribution in [2.24, 2.45) is 7.05 Å². The van der Waals surface area contributed by atoms with Crippen LogP contribution in [0.15, 0.2) is 78.9 Å². The molecule has 0 aliphatic carbocycles. The molecule has 1 saturated heterocycles. The Morgan fingerprint density at radius 3 is 2.27 bits per heavy atom. The van der Waals surface area contributed by atoms with Crippen LogP contribution >= 0.6 is 0 Å². The zero-order chi connectivity index (χ0) is 25.5. The number of carbonyl (C=O) groups is 2. The molecule has 0 saturated carbocycles. The average Bonchev–Trinajstić information content (AvgIpc) is 3.41. The molecule has 0 radical (unpaired) electrons. The number of fused-ring (bicyclic) bond motifs is 3. The monoisotopic (exact) mass is 494 g/mol. The van der Waals surface area contributed by atoms with Gasteiger partial charge in [-0.15, -0.1) is 0 Å². The topological polar surface area (TPSA) is 58.0 Å². The van der Waals surface area contributed by atoms with E-state index in [0.717, 1.165) is 40.9 Å². The molecule has 0 bridgehead atoms. The van der Waals surface area contributed by atoms with Gasteiger partial charge in [0.25, 0.3) is 5.91 Å². The molecule has 2 amide bonds. The summed E-state index contributed by atoms with van der Waals surface area (Å²) in [6, 6.07) is 25.8. The minimum absolute atomic E-state index is 0.0170. The first-order valence-corrected chi connectivity index (χ1v) is 12.7. The van der Waals surface area contributed by atoms with Gasteiger partial charge in [-0.1, -0.05) is 48.5 Å². The zero-order valence-electron chi connectivity index (χ0n) is 21.1. The predicted molar refractivity (Wildman–Crippen MR) is 144 cm³/mol. The van der Waals surface area contributed by atoms with E-state index < -0.39 is 0 Å². The summed E-state index contributed by atoms with van der Waals surface area (Å²) in [5.74, 6) is 0.632. The van der Waals surface area contributed by atoms with Gasteiger partial charge in [0.2, 0.25) is 5.91 Å². The zero-order valence-corrected chi connectivity index (χ0v) is 21.1. The molecule has 2 aliphatic heterocycles. The number of ether oxygens (including phenoxy) is 1. The minimum Gasteiger partial charge on any atom is -0.497 e. The lowest BCUT2D eigenvalue weighted by Gasteiger charge is -2.37. The van der Waals surface area contributed by atoms with Crippen LogP contribution in [-0.2, 0) is 11.8 Å². The van der Waals surface area contributed by atoms with Crippen LogP contribution in [0.1, 0.15) is 27.7 Å². The summed E-state index contributed by atoms with van der Waals surface area (Å²) in [4.78, 5) is 33.3. The average molecular weight is 495 g/mol. The Balaban J connectivity index is 1.29. The summed E-state index contributed by atoms with van der Waals surface area (Å²) < 4.78 is 7.32. The molecule has 3 aromatic carbocycles. The van der Waals surface area contributed by atoms with Crippen molar-refractivity contribution in [2.75, 3.05) is 44.7 Å². The number of anilines is 1. The molecule has 37 heavy (non-hydrogen) atoms. The van der Waals surface area contributed by atoms with Crippen LogP contribution in [0.3, 0.4) is 0 Å². The van der Waals surface area contributed by atoms with Crippen LogP contribution in [0, 0.1) is 0 Å². The summed E-state index contributed by atoms with van der Waals surface area (Å²) in [5.41, 5.74) is 4.78. The highest BCUT2D eigenvalue weighted by atomic mass is 16.5. The van der Waals surface area contributed by atoms with Crippen LogP contribution < -0.4 is 9.64 Å². The van der Waals surface area contributed by atoms with Crippen molar-refractivity contribution in [3.63, 3.8) is 0 Å². The molecule has 188 valence electrons. The SMILES string of the molecule is COc1ccc(C2c3c(n(C)c4ccccc34)C(=O)N2CC(=O)N2CCN(c3ccccc3)CC2)cc1. The number of hydrogen-bond donors (Lipinski definition) is 0. The second-order valence-electron chi connectivity index (χ2n) is 9.65. The quantitative estimate of drug-likeness (QED) is 0.420. The normalized spacial score (nSPS) is 17.4. The van der Waals surface area contributed by atoms with E-state index in [9.17, 15) is 9.59 Å². The van der Waals surface area contributed by atoms with Crippen LogP contribution in [0.5, 0.6) is 5.75 Å².